The smallest absolute Gasteiger partial charge is 0.238 e. The summed E-state index contributed by atoms with van der Waals surface area (Å²) in [4.78, 5) is 26.2. The molecule has 0 unspecified atom stereocenters. The Morgan fingerprint density at radius 1 is 0.944 bits per heavy atom. The van der Waals surface area contributed by atoms with Crippen LogP contribution in [0.5, 0.6) is 0 Å². The standard InChI is InChI=1S/C27H23N7O2/c1-34(2)14-26(35)30-19-7-18(10-28-11-19)16-3-4-23-21(8-16)27(33-32-23)24-9-20-22(17-5-6-36-15-17)12-29-13-25(20)31-24/h3-13,15,31H,14H2,1-2H3,(H,30,35)(H,32,33). The zero-order valence-electron chi connectivity index (χ0n) is 19.7. The normalized spacial score (nSPS) is 11.5. The van der Waals surface area contributed by atoms with Gasteiger partial charge in [-0.1, -0.05) is 6.07 Å². The molecule has 0 saturated carbocycles. The van der Waals surface area contributed by atoms with Crippen LogP contribution in [0.2, 0.25) is 0 Å². The maximum Gasteiger partial charge on any atom is 0.238 e. The molecular weight excluding hydrogens is 454 g/mol. The van der Waals surface area contributed by atoms with Gasteiger partial charge in [0, 0.05) is 39.9 Å². The Hall–Kier alpha value is -4.76. The summed E-state index contributed by atoms with van der Waals surface area (Å²) in [5, 5.41) is 12.6. The van der Waals surface area contributed by atoms with E-state index in [4.69, 9.17) is 4.42 Å². The Morgan fingerprint density at radius 3 is 2.67 bits per heavy atom. The van der Waals surface area contributed by atoms with Crippen molar-refractivity contribution in [2.45, 2.75) is 0 Å². The van der Waals surface area contributed by atoms with Crippen LogP contribution in [-0.2, 0) is 4.79 Å². The van der Waals surface area contributed by atoms with E-state index in [2.05, 4.69) is 42.6 Å². The SMILES string of the molecule is CN(C)CC(=O)Nc1cncc(-c2ccc3[nH]nc(-c4cc5c(-c6ccoc6)cncc5[nH]4)c3c2)c1. The number of aromatic amines is 2. The minimum atomic E-state index is -0.0883. The summed E-state index contributed by atoms with van der Waals surface area (Å²) in [6.45, 7) is 0.302. The van der Waals surface area contributed by atoms with Crippen molar-refractivity contribution >= 4 is 33.4 Å². The fourth-order valence-electron chi connectivity index (χ4n) is 4.38. The number of H-pyrrole nitrogens is 2. The van der Waals surface area contributed by atoms with Gasteiger partial charge in [-0.25, -0.2) is 0 Å². The van der Waals surface area contributed by atoms with Crippen molar-refractivity contribution in [2.75, 3.05) is 26.0 Å². The van der Waals surface area contributed by atoms with Crippen LogP contribution < -0.4 is 5.32 Å². The van der Waals surface area contributed by atoms with Gasteiger partial charge in [0.1, 0.15) is 5.69 Å². The molecule has 0 aliphatic rings. The number of benzene rings is 1. The van der Waals surface area contributed by atoms with Crippen LogP contribution in [0.25, 0.3) is 55.4 Å². The van der Waals surface area contributed by atoms with Gasteiger partial charge in [-0.2, -0.15) is 5.10 Å². The Kier molecular flexibility index (Phi) is 5.31. The Bertz CT molecular complexity index is 1700. The summed E-state index contributed by atoms with van der Waals surface area (Å²) in [6.07, 6.45) is 10.4. The third kappa shape index (κ3) is 4.01. The molecular formula is C27H23N7O2. The number of aromatic nitrogens is 5. The number of fused-ring (bicyclic) bond motifs is 2. The number of likely N-dealkylation sites (N-methyl/N-ethyl adjacent to an activating group) is 1. The summed E-state index contributed by atoms with van der Waals surface area (Å²) in [6, 6.07) is 12.0. The van der Waals surface area contributed by atoms with Gasteiger partial charge >= 0.3 is 0 Å². The second-order valence-electron chi connectivity index (χ2n) is 8.92. The Labute approximate surface area is 206 Å². The quantitative estimate of drug-likeness (QED) is 0.313. The molecule has 6 aromatic rings. The molecule has 178 valence electrons. The van der Waals surface area contributed by atoms with E-state index in [-0.39, 0.29) is 5.91 Å². The second-order valence-corrected chi connectivity index (χ2v) is 8.92. The van der Waals surface area contributed by atoms with Gasteiger partial charge in [-0.15, -0.1) is 0 Å². The summed E-state index contributed by atoms with van der Waals surface area (Å²) in [5.74, 6) is -0.0883. The predicted molar refractivity (Wildman–Crippen MR) is 139 cm³/mol. The Balaban J connectivity index is 1.38. The molecule has 9 nitrogen and oxygen atoms in total. The lowest BCUT2D eigenvalue weighted by molar-refractivity contribution is -0.116. The minimum absolute atomic E-state index is 0.0883. The summed E-state index contributed by atoms with van der Waals surface area (Å²) < 4.78 is 5.27. The van der Waals surface area contributed by atoms with E-state index in [9.17, 15) is 4.79 Å². The average Bonchev–Trinajstić information content (AvgIpc) is 3.62. The topological polar surface area (TPSA) is 116 Å². The van der Waals surface area contributed by atoms with E-state index in [0.29, 0.717) is 12.2 Å². The number of nitrogens with zero attached hydrogens (tertiary/aromatic N) is 4. The highest BCUT2D eigenvalue weighted by Gasteiger charge is 2.15. The molecule has 1 aromatic carbocycles. The number of pyridine rings is 2. The molecule has 3 N–H and O–H groups in total. The molecule has 0 fully saturated rings. The van der Waals surface area contributed by atoms with Crippen molar-refractivity contribution in [3.63, 3.8) is 0 Å². The van der Waals surface area contributed by atoms with Gasteiger partial charge in [0.2, 0.25) is 5.91 Å². The maximum atomic E-state index is 12.2. The van der Waals surface area contributed by atoms with Crippen molar-refractivity contribution in [3.8, 4) is 33.6 Å². The molecule has 0 atom stereocenters. The molecule has 5 heterocycles. The van der Waals surface area contributed by atoms with E-state index in [1.165, 1.54) is 0 Å². The van der Waals surface area contributed by atoms with Crippen LogP contribution in [0, 0.1) is 0 Å². The first kappa shape index (κ1) is 21.8. The molecule has 1 amide bonds. The van der Waals surface area contributed by atoms with Gasteiger partial charge in [0.15, 0.2) is 0 Å². The number of hydrogen-bond acceptors (Lipinski definition) is 6. The van der Waals surface area contributed by atoms with Crippen LogP contribution in [0.4, 0.5) is 5.69 Å². The molecule has 0 saturated heterocycles. The van der Waals surface area contributed by atoms with Gasteiger partial charge in [0.25, 0.3) is 0 Å². The van der Waals surface area contributed by atoms with Crippen LogP contribution in [-0.4, -0.2) is 56.6 Å². The number of anilines is 1. The largest absolute Gasteiger partial charge is 0.472 e. The number of rotatable bonds is 6. The third-order valence-electron chi connectivity index (χ3n) is 6.01. The zero-order chi connectivity index (χ0) is 24.6. The maximum absolute atomic E-state index is 12.2. The van der Waals surface area contributed by atoms with Crippen LogP contribution in [0.15, 0.2) is 78.1 Å². The fraction of sp³-hybridized carbons (Fsp3) is 0.111. The van der Waals surface area contributed by atoms with Gasteiger partial charge in [-0.3, -0.25) is 19.9 Å². The van der Waals surface area contributed by atoms with E-state index >= 15 is 0 Å². The van der Waals surface area contributed by atoms with E-state index < -0.39 is 0 Å². The first-order chi connectivity index (χ1) is 17.5. The molecule has 9 heteroatoms. The highest BCUT2D eigenvalue weighted by atomic mass is 16.3. The molecule has 0 radical (unpaired) electrons. The predicted octanol–water partition coefficient (Wildman–Crippen LogP) is 4.93. The van der Waals surface area contributed by atoms with Crippen LogP contribution in [0.1, 0.15) is 0 Å². The molecule has 36 heavy (non-hydrogen) atoms. The highest BCUT2D eigenvalue weighted by Crippen LogP contribution is 2.35. The number of furan rings is 1. The first-order valence-electron chi connectivity index (χ1n) is 11.4. The number of hydrogen-bond donors (Lipinski definition) is 3. The van der Waals surface area contributed by atoms with Crippen LogP contribution in [0.3, 0.4) is 0 Å². The third-order valence-corrected chi connectivity index (χ3v) is 6.01. The number of carbonyl (C=O) groups excluding carboxylic acids is 1. The monoisotopic (exact) mass is 477 g/mol. The lowest BCUT2D eigenvalue weighted by Crippen LogP contribution is -2.27. The summed E-state index contributed by atoms with van der Waals surface area (Å²) >= 11 is 0. The highest BCUT2D eigenvalue weighted by molar-refractivity contribution is 6.01. The number of nitrogens with one attached hydrogen (secondary N) is 3. The van der Waals surface area contributed by atoms with Crippen molar-refractivity contribution in [1.82, 2.24) is 30.0 Å². The second kappa shape index (κ2) is 8.79. The zero-order valence-corrected chi connectivity index (χ0v) is 19.7. The lowest BCUT2D eigenvalue weighted by atomic mass is 10.0. The van der Waals surface area contributed by atoms with Gasteiger partial charge < -0.3 is 19.6 Å². The lowest BCUT2D eigenvalue weighted by Gasteiger charge is -2.11. The van der Waals surface area contributed by atoms with Gasteiger partial charge in [0.05, 0.1) is 53.9 Å². The van der Waals surface area contributed by atoms with E-state index in [0.717, 1.165) is 55.4 Å². The minimum Gasteiger partial charge on any atom is -0.472 e. The molecule has 0 aliphatic heterocycles. The summed E-state index contributed by atoms with van der Waals surface area (Å²) in [5.41, 5.74) is 8.01. The average molecular weight is 478 g/mol. The van der Waals surface area contributed by atoms with E-state index in [1.54, 1.807) is 24.9 Å². The van der Waals surface area contributed by atoms with Crippen molar-refractivity contribution in [1.29, 1.82) is 0 Å². The van der Waals surface area contributed by atoms with Crippen molar-refractivity contribution in [3.05, 3.63) is 73.7 Å². The fourth-order valence-corrected chi connectivity index (χ4v) is 4.38. The summed E-state index contributed by atoms with van der Waals surface area (Å²) in [7, 11) is 3.71. The van der Waals surface area contributed by atoms with E-state index in [1.807, 2.05) is 55.7 Å². The molecule has 0 bridgehead atoms. The Morgan fingerprint density at radius 2 is 1.83 bits per heavy atom. The molecule has 0 spiro atoms. The molecule has 0 aliphatic carbocycles. The number of carbonyl (C=O) groups is 1. The first-order valence-corrected chi connectivity index (χ1v) is 11.4. The molecule has 5 aromatic heterocycles. The number of amides is 1. The molecule has 6 rings (SSSR count). The van der Waals surface area contributed by atoms with Crippen LogP contribution >= 0.6 is 0 Å². The van der Waals surface area contributed by atoms with Crippen molar-refractivity contribution < 1.29 is 9.21 Å². The van der Waals surface area contributed by atoms with Crippen molar-refractivity contribution in [2.24, 2.45) is 0 Å². The van der Waals surface area contributed by atoms with Gasteiger partial charge in [-0.05, 0) is 50.0 Å².